The molecule has 0 unspecified atom stereocenters. The highest BCUT2D eigenvalue weighted by molar-refractivity contribution is 8.00. The third kappa shape index (κ3) is 4.52. The number of para-hydroxylation sites is 1. The number of hydrogen-bond donors (Lipinski definition) is 1. The highest BCUT2D eigenvalue weighted by atomic mass is 32.2. The summed E-state index contributed by atoms with van der Waals surface area (Å²) in [5, 5.41) is 2.87. The largest absolute Gasteiger partial charge is 0.322 e. The topological polar surface area (TPSA) is 49.4 Å². The summed E-state index contributed by atoms with van der Waals surface area (Å²) in [4.78, 5) is 27.2. The van der Waals surface area contributed by atoms with Crippen LogP contribution in [0.15, 0.2) is 72.8 Å². The van der Waals surface area contributed by atoms with Crippen LogP contribution in [0.5, 0.6) is 0 Å². The fraction of sp³-hybridized carbons (Fsp3) is 0.231. The minimum atomic E-state index is -0.134. The summed E-state index contributed by atoms with van der Waals surface area (Å²) in [7, 11) is 0. The van der Waals surface area contributed by atoms with Crippen molar-refractivity contribution >= 4 is 35.0 Å². The molecule has 1 atom stereocenters. The van der Waals surface area contributed by atoms with Gasteiger partial charge in [-0.1, -0.05) is 61.9 Å². The molecule has 1 aliphatic rings. The van der Waals surface area contributed by atoms with E-state index >= 15 is 0 Å². The van der Waals surface area contributed by atoms with Crippen molar-refractivity contribution in [3.8, 4) is 0 Å². The van der Waals surface area contributed by atoms with Crippen LogP contribution < -0.4 is 10.2 Å². The molecule has 31 heavy (non-hydrogen) atoms. The molecule has 1 saturated heterocycles. The molecule has 3 aromatic carbocycles. The van der Waals surface area contributed by atoms with Crippen LogP contribution in [-0.4, -0.2) is 17.6 Å². The van der Waals surface area contributed by atoms with Gasteiger partial charge in [0.1, 0.15) is 5.37 Å². The highest BCUT2D eigenvalue weighted by Crippen LogP contribution is 2.44. The first-order valence-electron chi connectivity index (χ1n) is 10.4. The lowest BCUT2D eigenvalue weighted by Crippen LogP contribution is -2.29. The van der Waals surface area contributed by atoms with Gasteiger partial charge in [0, 0.05) is 16.9 Å². The van der Waals surface area contributed by atoms with Crippen molar-refractivity contribution in [3.63, 3.8) is 0 Å². The molecule has 1 N–H and O–H groups in total. The van der Waals surface area contributed by atoms with Crippen LogP contribution in [0.4, 0.5) is 11.4 Å². The van der Waals surface area contributed by atoms with Gasteiger partial charge >= 0.3 is 0 Å². The molecule has 4 rings (SSSR count). The van der Waals surface area contributed by atoms with E-state index in [0.717, 1.165) is 22.5 Å². The fourth-order valence-corrected chi connectivity index (χ4v) is 4.93. The quantitative estimate of drug-likeness (QED) is 0.528. The minimum Gasteiger partial charge on any atom is -0.322 e. The number of carbonyl (C=O) groups is 2. The number of nitrogens with one attached hydrogen (secondary N) is 1. The maximum Gasteiger partial charge on any atom is 0.255 e. The molecule has 4 nitrogen and oxygen atoms in total. The molecule has 0 aromatic heterocycles. The third-order valence-electron chi connectivity index (χ3n) is 5.45. The Hall–Kier alpha value is -3.05. The predicted octanol–water partition coefficient (Wildman–Crippen LogP) is 6.15. The number of anilines is 2. The Morgan fingerprint density at radius 2 is 1.68 bits per heavy atom. The summed E-state index contributed by atoms with van der Waals surface area (Å²) < 4.78 is 0. The van der Waals surface area contributed by atoms with E-state index in [-0.39, 0.29) is 17.2 Å². The minimum absolute atomic E-state index is 0.0748. The Balaban J connectivity index is 1.55. The van der Waals surface area contributed by atoms with E-state index in [0.29, 0.717) is 17.2 Å². The van der Waals surface area contributed by atoms with Gasteiger partial charge in [-0.2, -0.15) is 0 Å². The Morgan fingerprint density at radius 1 is 1.00 bits per heavy atom. The molecule has 3 aromatic rings. The van der Waals surface area contributed by atoms with E-state index in [1.807, 2.05) is 78.6 Å². The molecular formula is C26H26N2O2S. The maximum atomic E-state index is 12.8. The first kappa shape index (κ1) is 21.2. The SMILES string of the molecule is Cc1ccc(C(=O)Nc2ccc([C@H]3SCC(=O)N3c3ccccc3C(C)C)cc2)cc1. The summed E-state index contributed by atoms with van der Waals surface area (Å²) in [6.45, 7) is 6.29. The molecule has 0 bridgehead atoms. The molecule has 1 heterocycles. The van der Waals surface area contributed by atoms with Crippen LogP contribution in [0, 0.1) is 6.92 Å². The Bertz CT molecular complexity index is 1090. The summed E-state index contributed by atoms with van der Waals surface area (Å²) in [6, 6.07) is 23.4. The van der Waals surface area contributed by atoms with Crippen LogP contribution in [0.3, 0.4) is 0 Å². The summed E-state index contributed by atoms with van der Waals surface area (Å²) in [6.07, 6.45) is 0. The van der Waals surface area contributed by atoms with Crippen LogP contribution in [0.25, 0.3) is 0 Å². The maximum absolute atomic E-state index is 12.8. The summed E-state index contributed by atoms with van der Waals surface area (Å²) in [5.74, 6) is 0.781. The smallest absolute Gasteiger partial charge is 0.255 e. The number of aryl methyl sites for hydroxylation is 1. The Morgan fingerprint density at radius 3 is 2.35 bits per heavy atom. The van der Waals surface area contributed by atoms with Crippen molar-refractivity contribution in [2.45, 2.75) is 32.1 Å². The van der Waals surface area contributed by atoms with E-state index < -0.39 is 0 Å². The lowest BCUT2D eigenvalue weighted by molar-refractivity contribution is -0.115. The van der Waals surface area contributed by atoms with Crippen LogP contribution in [0.1, 0.15) is 52.2 Å². The monoisotopic (exact) mass is 430 g/mol. The summed E-state index contributed by atoms with van der Waals surface area (Å²) in [5.41, 5.74) is 5.68. The van der Waals surface area contributed by atoms with E-state index in [4.69, 9.17) is 0 Å². The van der Waals surface area contributed by atoms with Crippen molar-refractivity contribution in [2.75, 3.05) is 16.0 Å². The zero-order chi connectivity index (χ0) is 22.0. The van der Waals surface area contributed by atoms with Crippen molar-refractivity contribution in [3.05, 3.63) is 95.1 Å². The molecule has 158 valence electrons. The van der Waals surface area contributed by atoms with Gasteiger partial charge in [0.2, 0.25) is 5.91 Å². The third-order valence-corrected chi connectivity index (χ3v) is 6.67. The molecule has 1 fully saturated rings. The average Bonchev–Trinajstić information content (AvgIpc) is 3.16. The second-order valence-electron chi connectivity index (χ2n) is 8.08. The normalized spacial score (nSPS) is 16.1. The second kappa shape index (κ2) is 8.98. The molecule has 0 spiro atoms. The van der Waals surface area contributed by atoms with Gasteiger partial charge in [-0.15, -0.1) is 11.8 Å². The van der Waals surface area contributed by atoms with Gasteiger partial charge in [-0.05, 0) is 54.3 Å². The van der Waals surface area contributed by atoms with Gasteiger partial charge in [-0.3, -0.25) is 14.5 Å². The van der Waals surface area contributed by atoms with Crippen molar-refractivity contribution in [1.82, 2.24) is 0 Å². The van der Waals surface area contributed by atoms with E-state index in [9.17, 15) is 9.59 Å². The van der Waals surface area contributed by atoms with Crippen LogP contribution in [0.2, 0.25) is 0 Å². The number of thioether (sulfide) groups is 1. The van der Waals surface area contributed by atoms with Gasteiger partial charge in [0.15, 0.2) is 0 Å². The van der Waals surface area contributed by atoms with Crippen LogP contribution >= 0.6 is 11.8 Å². The molecule has 0 radical (unpaired) electrons. The van der Waals surface area contributed by atoms with Gasteiger partial charge in [0.05, 0.1) is 5.75 Å². The van der Waals surface area contributed by atoms with E-state index in [1.165, 1.54) is 5.56 Å². The molecule has 5 heteroatoms. The first-order valence-corrected chi connectivity index (χ1v) is 11.5. The molecule has 2 amide bonds. The number of carbonyl (C=O) groups excluding carboxylic acids is 2. The van der Waals surface area contributed by atoms with Gasteiger partial charge in [-0.25, -0.2) is 0 Å². The standard InChI is InChI=1S/C26H26N2O2S/c1-17(2)22-6-4-5-7-23(22)28-24(29)16-31-26(28)20-12-14-21(15-13-20)27-25(30)19-10-8-18(3)9-11-19/h4-15,17,26H,16H2,1-3H3,(H,27,30)/t26-/m1/s1. The summed E-state index contributed by atoms with van der Waals surface area (Å²) >= 11 is 1.63. The van der Waals surface area contributed by atoms with Crippen molar-refractivity contribution < 1.29 is 9.59 Å². The number of hydrogen-bond acceptors (Lipinski definition) is 3. The van der Waals surface area contributed by atoms with Gasteiger partial charge < -0.3 is 5.32 Å². The predicted molar refractivity (Wildman–Crippen MR) is 129 cm³/mol. The lowest BCUT2D eigenvalue weighted by Gasteiger charge is -2.27. The molecule has 0 saturated carbocycles. The first-order chi connectivity index (χ1) is 14.9. The Labute approximate surface area is 187 Å². The molecule has 0 aliphatic carbocycles. The number of nitrogens with zero attached hydrogens (tertiary/aromatic N) is 1. The van der Waals surface area contributed by atoms with Gasteiger partial charge in [0.25, 0.3) is 5.91 Å². The number of amides is 2. The highest BCUT2D eigenvalue weighted by Gasteiger charge is 2.35. The molecule has 1 aliphatic heterocycles. The fourth-order valence-electron chi connectivity index (χ4n) is 3.77. The zero-order valence-electron chi connectivity index (χ0n) is 18.0. The Kier molecular flexibility index (Phi) is 6.14. The number of rotatable bonds is 5. The van der Waals surface area contributed by atoms with Crippen LogP contribution in [-0.2, 0) is 4.79 Å². The van der Waals surface area contributed by atoms with Crippen molar-refractivity contribution in [2.24, 2.45) is 0 Å². The second-order valence-corrected chi connectivity index (χ2v) is 9.15. The van der Waals surface area contributed by atoms with E-state index in [2.05, 4.69) is 25.2 Å². The van der Waals surface area contributed by atoms with Crippen molar-refractivity contribution in [1.29, 1.82) is 0 Å². The zero-order valence-corrected chi connectivity index (χ0v) is 18.8. The lowest BCUT2D eigenvalue weighted by atomic mass is 10.00. The van der Waals surface area contributed by atoms with E-state index in [1.54, 1.807) is 11.8 Å². The number of benzene rings is 3. The average molecular weight is 431 g/mol. The molecular weight excluding hydrogens is 404 g/mol.